The van der Waals surface area contributed by atoms with E-state index in [1.54, 1.807) is 0 Å². The Morgan fingerprint density at radius 3 is 2.28 bits per heavy atom. The zero-order chi connectivity index (χ0) is 22.7. The van der Waals surface area contributed by atoms with Crippen LogP contribution in [0, 0.1) is 11.8 Å². The molecule has 2 aliphatic rings. The van der Waals surface area contributed by atoms with Crippen LogP contribution in [0.15, 0.2) is 24.3 Å². The maximum atomic E-state index is 12.3. The van der Waals surface area contributed by atoms with Crippen molar-refractivity contribution in [1.29, 1.82) is 0 Å². The number of fused-ring (bicyclic) bond motifs is 1. The Kier molecular flexibility index (Phi) is 7.41. The van der Waals surface area contributed by atoms with Crippen molar-refractivity contribution in [2.75, 3.05) is 45.9 Å². The van der Waals surface area contributed by atoms with Crippen LogP contribution in [0.25, 0.3) is 10.9 Å². The fourth-order valence-corrected chi connectivity index (χ4v) is 5.16. The molecule has 176 valence electrons. The molecule has 0 aliphatic carbocycles. The Morgan fingerprint density at radius 1 is 1.06 bits per heavy atom. The Labute approximate surface area is 192 Å². The van der Waals surface area contributed by atoms with Crippen LogP contribution in [0.4, 0.5) is 0 Å². The van der Waals surface area contributed by atoms with Crippen LogP contribution in [0.2, 0.25) is 0 Å². The molecule has 0 unspecified atom stereocenters. The van der Waals surface area contributed by atoms with Gasteiger partial charge in [-0.25, -0.2) is 0 Å². The molecule has 6 heteroatoms. The molecule has 0 saturated carbocycles. The van der Waals surface area contributed by atoms with E-state index in [0.29, 0.717) is 24.3 Å². The van der Waals surface area contributed by atoms with E-state index < -0.39 is 0 Å². The molecule has 0 spiro atoms. The van der Waals surface area contributed by atoms with Gasteiger partial charge in [-0.15, -0.1) is 0 Å². The Hall–Kier alpha value is -2.05. The second-order valence-corrected chi connectivity index (χ2v) is 10.3. The molecule has 1 aromatic carbocycles. The van der Waals surface area contributed by atoms with Crippen LogP contribution < -0.4 is 10.5 Å². The molecule has 3 heterocycles. The number of primary amides is 1. The molecular weight excluding hydrogens is 400 g/mol. The molecule has 32 heavy (non-hydrogen) atoms. The summed E-state index contributed by atoms with van der Waals surface area (Å²) in [5.74, 6) is 1.80. The molecule has 0 radical (unpaired) electrons. The highest BCUT2D eigenvalue weighted by Crippen LogP contribution is 2.35. The first-order chi connectivity index (χ1) is 15.4. The lowest BCUT2D eigenvalue weighted by Gasteiger charge is -2.36. The number of hydrogen-bond acceptors (Lipinski definition) is 4. The van der Waals surface area contributed by atoms with E-state index in [9.17, 15) is 4.79 Å². The largest absolute Gasteiger partial charge is 0.493 e. The molecular formula is C26H40N4O2. The van der Waals surface area contributed by atoms with Gasteiger partial charge in [0.05, 0.1) is 12.1 Å². The summed E-state index contributed by atoms with van der Waals surface area (Å²) in [4.78, 5) is 17.5. The number of benzene rings is 1. The minimum Gasteiger partial charge on any atom is -0.493 e. The van der Waals surface area contributed by atoms with Crippen LogP contribution in [0.3, 0.4) is 0 Å². The van der Waals surface area contributed by atoms with Gasteiger partial charge in [0.25, 0.3) is 5.91 Å². The van der Waals surface area contributed by atoms with Gasteiger partial charge in [-0.1, -0.05) is 26.8 Å². The molecule has 2 aromatic rings. The molecule has 2 saturated heterocycles. The average molecular weight is 441 g/mol. The van der Waals surface area contributed by atoms with Crippen molar-refractivity contribution in [3.05, 3.63) is 30.0 Å². The quantitative estimate of drug-likeness (QED) is 0.670. The highest BCUT2D eigenvalue weighted by Gasteiger charge is 2.26. The third-order valence-corrected chi connectivity index (χ3v) is 7.20. The number of nitrogens with two attached hydrogens (primary N) is 1. The van der Waals surface area contributed by atoms with Crippen molar-refractivity contribution in [1.82, 2.24) is 14.4 Å². The molecule has 2 fully saturated rings. The van der Waals surface area contributed by atoms with Gasteiger partial charge in [0.2, 0.25) is 0 Å². The van der Waals surface area contributed by atoms with Crippen molar-refractivity contribution in [2.24, 2.45) is 17.6 Å². The van der Waals surface area contributed by atoms with Crippen LogP contribution >= 0.6 is 0 Å². The van der Waals surface area contributed by atoms with Crippen LogP contribution in [0.5, 0.6) is 5.75 Å². The van der Waals surface area contributed by atoms with Crippen molar-refractivity contribution in [3.8, 4) is 5.75 Å². The van der Waals surface area contributed by atoms with E-state index >= 15 is 0 Å². The molecule has 4 rings (SSSR count). The summed E-state index contributed by atoms with van der Waals surface area (Å²) in [5.41, 5.74) is 7.46. The molecule has 6 nitrogen and oxygen atoms in total. The van der Waals surface area contributed by atoms with Crippen LogP contribution in [-0.4, -0.2) is 66.1 Å². The minimum absolute atomic E-state index is 0.294. The fourth-order valence-electron chi connectivity index (χ4n) is 5.16. The summed E-state index contributed by atoms with van der Waals surface area (Å²) < 4.78 is 8.23. The first-order valence-corrected chi connectivity index (χ1v) is 12.4. The third kappa shape index (κ3) is 5.29. The lowest BCUT2D eigenvalue weighted by molar-refractivity contribution is 0.0983. The van der Waals surface area contributed by atoms with Crippen molar-refractivity contribution in [3.63, 3.8) is 0 Å². The number of rotatable bonds is 8. The van der Waals surface area contributed by atoms with Crippen LogP contribution in [-0.2, 0) is 0 Å². The number of carbonyl (C=O) groups excluding carboxylic acids is 1. The lowest BCUT2D eigenvalue weighted by Crippen LogP contribution is -2.42. The monoisotopic (exact) mass is 440 g/mol. The summed E-state index contributed by atoms with van der Waals surface area (Å²) in [6.07, 6.45) is 4.75. The van der Waals surface area contributed by atoms with Gasteiger partial charge >= 0.3 is 0 Å². The second-order valence-electron chi connectivity index (χ2n) is 10.3. The maximum absolute atomic E-state index is 12.3. The van der Waals surface area contributed by atoms with Crippen molar-refractivity contribution in [2.45, 2.75) is 52.5 Å². The minimum atomic E-state index is -0.363. The fraction of sp³-hybridized carbons (Fsp3) is 0.654. The highest BCUT2D eigenvalue weighted by molar-refractivity contribution is 5.99. The molecule has 2 N–H and O–H groups in total. The van der Waals surface area contributed by atoms with E-state index in [-0.39, 0.29) is 5.91 Å². The van der Waals surface area contributed by atoms with E-state index in [1.807, 2.05) is 18.2 Å². The van der Waals surface area contributed by atoms with Gasteiger partial charge in [0.15, 0.2) is 0 Å². The van der Waals surface area contributed by atoms with E-state index in [2.05, 4.69) is 41.2 Å². The molecule has 1 amide bonds. The number of carbonyl (C=O) groups is 1. The number of piperidine rings is 2. The maximum Gasteiger partial charge on any atom is 0.265 e. The molecule has 0 atom stereocenters. The number of ether oxygens (including phenoxy) is 1. The summed E-state index contributed by atoms with van der Waals surface area (Å²) in [6, 6.07) is 8.32. The van der Waals surface area contributed by atoms with Gasteiger partial charge in [-0.2, -0.15) is 0 Å². The Morgan fingerprint density at radius 2 is 1.69 bits per heavy atom. The predicted molar refractivity (Wildman–Crippen MR) is 130 cm³/mol. The van der Waals surface area contributed by atoms with Gasteiger partial charge in [-0.05, 0) is 68.8 Å². The zero-order valence-electron chi connectivity index (χ0n) is 20.1. The number of nitrogens with zero attached hydrogens (tertiary/aromatic N) is 3. The van der Waals surface area contributed by atoms with E-state index in [1.165, 1.54) is 32.5 Å². The first kappa shape index (κ1) is 23.1. The lowest BCUT2D eigenvalue weighted by atomic mass is 9.99. The second kappa shape index (κ2) is 10.3. The van der Waals surface area contributed by atoms with E-state index in [4.69, 9.17) is 10.5 Å². The SMILES string of the molecule is CC(C)COc1cccc2c1cc(C(N)=O)n2C1CCN(CCN2CCC(C)CC2)CC1. The summed E-state index contributed by atoms with van der Waals surface area (Å²) in [6.45, 7) is 14.2. The number of aromatic nitrogens is 1. The first-order valence-electron chi connectivity index (χ1n) is 12.4. The van der Waals surface area contributed by atoms with Crippen LogP contribution in [0.1, 0.15) is 63.0 Å². The Bertz CT molecular complexity index is 906. The van der Waals surface area contributed by atoms with Crippen molar-refractivity contribution >= 4 is 16.8 Å². The van der Waals surface area contributed by atoms with Crippen molar-refractivity contribution < 1.29 is 9.53 Å². The normalized spacial score (nSPS) is 19.8. The van der Waals surface area contributed by atoms with Gasteiger partial charge < -0.3 is 24.8 Å². The van der Waals surface area contributed by atoms with E-state index in [0.717, 1.165) is 55.0 Å². The Balaban J connectivity index is 1.43. The standard InChI is InChI=1S/C26H40N4O2/c1-19(2)18-32-25-6-4-5-23-22(25)17-24(26(27)31)30(23)21-9-13-29(14-10-21)16-15-28-11-7-20(3)8-12-28/h4-6,17,19-21H,7-16,18H2,1-3H3,(H2,27,31). The topological polar surface area (TPSA) is 63.7 Å². The molecule has 2 aliphatic heterocycles. The summed E-state index contributed by atoms with van der Waals surface area (Å²) in [5, 5.41) is 0.990. The third-order valence-electron chi connectivity index (χ3n) is 7.20. The smallest absolute Gasteiger partial charge is 0.265 e. The molecule has 1 aromatic heterocycles. The molecule has 0 bridgehead atoms. The number of amides is 1. The zero-order valence-corrected chi connectivity index (χ0v) is 20.1. The van der Waals surface area contributed by atoms with Gasteiger partial charge in [0, 0.05) is 37.6 Å². The highest BCUT2D eigenvalue weighted by atomic mass is 16.5. The van der Waals surface area contributed by atoms with Gasteiger partial charge in [0.1, 0.15) is 11.4 Å². The number of hydrogen-bond donors (Lipinski definition) is 1. The van der Waals surface area contributed by atoms with Gasteiger partial charge in [-0.3, -0.25) is 4.79 Å². The predicted octanol–water partition coefficient (Wildman–Crippen LogP) is 4.14. The number of likely N-dealkylation sites (tertiary alicyclic amines) is 2. The summed E-state index contributed by atoms with van der Waals surface area (Å²) >= 11 is 0. The average Bonchev–Trinajstić information content (AvgIpc) is 3.18. The summed E-state index contributed by atoms with van der Waals surface area (Å²) in [7, 11) is 0.